The van der Waals surface area contributed by atoms with Crippen molar-refractivity contribution in [2.24, 2.45) is 5.92 Å². The van der Waals surface area contributed by atoms with Crippen molar-refractivity contribution in [3.05, 3.63) is 47.8 Å². The summed E-state index contributed by atoms with van der Waals surface area (Å²) in [5.74, 6) is -3.03. The second kappa shape index (κ2) is 7.95. The van der Waals surface area contributed by atoms with Crippen molar-refractivity contribution in [1.29, 1.82) is 0 Å². The molecule has 1 aromatic carbocycles. The quantitative estimate of drug-likeness (QED) is 0.335. The van der Waals surface area contributed by atoms with Crippen LogP contribution in [0.4, 0.5) is 32.2 Å². The Morgan fingerprint density at radius 3 is 2.28 bits per heavy atom. The summed E-state index contributed by atoms with van der Waals surface area (Å²) in [5, 5.41) is 10.5. The molecular formula is C19H15F6N5O2. The minimum Gasteiger partial charge on any atom is -0.426 e. The number of carbonyl (C=O) groups excluding carboxylic acids is 1. The molecule has 4 rings (SSSR count). The average molecular weight is 459 g/mol. The first-order valence-electron chi connectivity index (χ1n) is 9.46. The van der Waals surface area contributed by atoms with E-state index in [2.05, 4.69) is 15.3 Å². The summed E-state index contributed by atoms with van der Waals surface area (Å²) in [6.07, 6.45) is -8.92. The van der Waals surface area contributed by atoms with Crippen LogP contribution in [0.3, 0.4) is 0 Å². The number of anilines is 1. The molecule has 13 heteroatoms. The van der Waals surface area contributed by atoms with Crippen molar-refractivity contribution in [2.75, 3.05) is 18.0 Å². The Morgan fingerprint density at radius 1 is 0.938 bits per heavy atom. The smallest absolute Gasteiger partial charge is 0.426 e. The van der Waals surface area contributed by atoms with Crippen LogP contribution in [-0.2, 0) is 17.1 Å². The summed E-state index contributed by atoms with van der Waals surface area (Å²) < 4.78 is 84.0. The lowest BCUT2D eigenvalue weighted by Crippen LogP contribution is -2.38. The fourth-order valence-electron chi connectivity index (χ4n) is 3.45. The molecule has 0 bridgehead atoms. The second-order valence-corrected chi connectivity index (χ2v) is 7.16. The van der Waals surface area contributed by atoms with Crippen LogP contribution in [0.2, 0.25) is 0 Å². The van der Waals surface area contributed by atoms with Crippen LogP contribution in [0, 0.1) is 5.92 Å². The molecule has 7 nitrogen and oxygen atoms in total. The number of fused-ring (bicyclic) bond motifs is 1. The molecule has 170 valence electrons. The summed E-state index contributed by atoms with van der Waals surface area (Å²) >= 11 is 0. The summed E-state index contributed by atoms with van der Waals surface area (Å²) in [6, 6.07) is 7.27. The maximum atomic E-state index is 13.1. The van der Waals surface area contributed by atoms with E-state index in [1.54, 1.807) is 4.90 Å². The summed E-state index contributed by atoms with van der Waals surface area (Å²) in [6.45, 7) is 0.505. The number of benzene rings is 1. The topological polar surface area (TPSA) is 72.6 Å². The normalized spacial score (nSPS) is 15.9. The van der Waals surface area contributed by atoms with E-state index in [4.69, 9.17) is 4.74 Å². The molecule has 0 spiro atoms. The van der Waals surface area contributed by atoms with Crippen LogP contribution in [0.15, 0.2) is 36.4 Å². The van der Waals surface area contributed by atoms with Gasteiger partial charge < -0.3 is 9.64 Å². The molecule has 0 radical (unpaired) electrons. The highest BCUT2D eigenvalue weighted by molar-refractivity contribution is 5.76. The number of esters is 1. The van der Waals surface area contributed by atoms with Gasteiger partial charge in [-0.1, -0.05) is 12.1 Å². The van der Waals surface area contributed by atoms with E-state index in [9.17, 15) is 31.1 Å². The molecule has 0 saturated carbocycles. The van der Waals surface area contributed by atoms with E-state index >= 15 is 0 Å². The van der Waals surface area contributed by atoms with Crippen LogP contribution in [0.5, 0.6) is 5.75 Å². The minimum atomic E-state index is -4.73. The number of ether oxygens (including phenoxy) is 1. The Morgan fingerprint density at radius 2 is 1.62 bits per heavy atom. The summed E-state index contributed by atoms with van der Waals surface area (Å²) in [4.78, 5) is 14.1. The third-order valence-corrected chi connectivity index (χ3v) is 5.06. The zero-order chi connectivity index (χ0) is 23.1. The number of hydrogen-bond donors (Lipinski definition) is 0. The van der Waals surface area contributed by atoms with Crippen LogP contribution >= 0.6 is 0 Å². The van der Waals surface area contributed by atoms with Gasteiger partial charge in [0.15, 0.2) is 5.65 Å². The highest BCUT2D eigenvalue weighted by Gasteiger charge is 2.38. The molecule has 32 heavy (non-hydrogen) atoms. The van der Waals surface area contributed by atoms with Gasteiger partial charge in [-0.25, -0.2) is 0 Å². The van der Waals surface area contributed by atoms with E-state index in [1.165, 1.54) is 24.3 Å². The number of hydrogen-bond acceptors (Lipinski definition) is 6. The molecule has 0 N–H and O–H groups in total. The van der Waals surface area contributed by atoms with Gasteiger partial charge in [0.25, 0.3) is 5.82 Å². The lowest BCUT2D eigenvalue weighted by molar-refractivity contribution is -0.147. The SMILES string of the molecule is O=C(Oc1ccccc1C(F)(F)F)C1CCN(c2ccc3nnc(C(F)(F)F)n3n2)CC1. The molecule has 0 aliphatic carbocycles. The fraction of sp³-hybridized carbons (Fsp3) is 0.368. The number of halogens is 6. The van der Waals surface area contributed by atoms with Crippen molar-refractivity contribution >= 4 is 17.4 Å². The van der Waals surface area contributed by atoms with Crippen LogP contribution in [0.25, 0.3) is 5.65 Å². The fourth-order valence-corrected chi connectivity index (χ4v) is 3.45. The predicted octanol–water partition coefficient (Wildman–Crippen LogP) is 3.98. The van der Waals surface area contributed by atoms with Crippen molar-refractivity contribution in [1.82, 2.24) is 19.8 Å². The molecule has 0 amide bonds. The van der Waals surface area contributed by atoms with Crippen molar-refractivity contribution in [3.8, 4) is 5.75 Å². The molecule has 3 heterocycles. The Balaban J connectivity index is 1.44. The standard InChI is InChI=1S/C19H15F6N5O2/c20-18(21,22)12-3-1-2-4-13(12)32-16(31)11-7-9-29(10-8-11)15-6-5-14-26-27-17(19(23,24)25)30(14)28-15/h1-6,11H,7-10H2. The molecule has 1 fully saturated rings. The van der Waals surface area contributed by atoms with Gasteiger partial charge in [0.05, 0.1) is 11.5 Å². The third kappa shape index (κ3) is 4.32. The largest absolute Gasteiger partial charge is 0.453 e. The second-order valence-electron chi connectivity index (χ2n) is 7.16. The third-order valence-electron chi connectivity index (χ3n) is 5.06. The average Bonchev–Trinajstić information content (AvgIpc) is 3.17. The lowest BCUT2D eigenvalue weighted by atomic mass is 9.97. The number of alkyl halides is 6. The van der Waals surface area contributed by atoms with Gasteiger partial charge in [-0.3, -0.25) is 4.79 Å². The van der Waals surface area contributed by atoms with Crippen molar-refractivity contribution < 1.29 is 35.9 Å². The number of rotatable bonds is 3. The minimum absolute atomic E-state index is 0.0668. The molecule has 0 unspecified atom stereocenters. The van der Waals surface area contributed by atoms with Crippen LogP contribution < -0.4 is 9.64 Å². The van der Waals surface area contributed by atoms with E-state index in [1.807, 2.05) is 0 Å². The maximum Gasteiger partial charge on any atom is 0.453 e. The number of piperidine rings is 1. The van der Waals surface area contributed by atoms with E-state index in [-0.39, 0.29) is 37.4 Å². The Kier molecular flexibility index (Phi) is 5.42. The Labute approximate surface area is 176 Å². The number of nitrogens with zero attached hydrogens (tertiary/aromatic N) is 5. The first-order chi connectivity index (χ1) is 15.0. The Bertz CT molecular complexity index is 1140. The lowest BCUT2D eigenvalue weighted by Gasteiger charge is -2.31. The van der Waals surface area contributed by atoms with Gasteiger partial charge in [-0.05, 0) is 37.1 Å². The molecule has 3 aromatic rings. The molecule has 0 atom stereocenters. The predicted molar refractivity (Wildman–Crippen MR) is 97.8 cm³/mol. The first-order valence-corrected chi connectivity index (χ1v) is 9.46. The van der Waals surface area contributed by atoms with Gasteiger partial charge in [0, 0.05) is 13.1 Å². The highest BCUT2D eigenvalue weighted by atomic mass is 19.4. The van der Waals surface area contributed by atoms with Gasteiger partial charge in [0.2, 0.25) is 0 Å². The molecule has 1 aliphatic rings. The first kappa shape index (κ1) is 21.8. The summed E-state index contributed by atoms with van der Waals surface area (Å²) in [5.41, 5.74) is -1.11. The van der Waals surface area contributed by atoms with Gasteiger partial charge >= 0.3 is 18.3 Å². The van der Waals surface area contributed by atoms with E-state index in [0.29, 0.717) is 4.52 Å². The van der Waals surface area contributed by atoms with Gasteiger partial charge in [-0.15, -0.1) is 15.3 Å². The maximum absolute atomic E-state index is 13.1. The number of carbonyl (C=O) groups is 1. The van der Waals surface area contributed by atoms with Gasteiger partial charge in [0.1, 0.15) is 11.6 Å². The Hall–Kier alpha value is -3.38. The van der Waals surface area contributed by atoms with E-state index < -0.39 is 41.4 Å². The van der Waals surface area contributed by atoms with Crippen molar-refractivity contribution in [3.63, 3.8) is 0 Å². The highest BCUT2D eigenvalue weighted by Crippen LogP contribution is 2.36. The zero-order valence-electron chi connectivity index (χ0n) is 16.2. The van der Waals surface area contributed by atoms with Crippen LogP contribution in [0.1, 0.15) is 24.2 Å². The number of para-hydroxylation sites is 1. The van der Waals surface area contributed by atoms with Gasteiger partial charge in [-0.2, -0.15) is 30.9 Å². The number of aromatic nitrogens is 4. The van der Waals surface area contributed by atoms with E-state index in [0.717, 1.165) is 12.1 Å². The van der Waals surface area contributed by atoms with Crippen molar-refractivity contribution in [2.45, 2.75) is 25.2 Å². The molecular weight excluding hydrogens is 444 g/mol. The monoisotopic (exact) mass is 459 g/mol. The molecule has 1 saturated heterocycles. The molecule has 2 aromatic heterocycles. The summed E-state index contributed by atoms with van der Waals surface area (Å²) in [7, 11) is 0. The zero-order valence-corrected chi connectivity index (χ0v) is 16.2. The van der Waals surface area contributed by atoms with Crippen LogP contribution in [-0.4, -0.2) is 38.9 Å². The molecule has 1 aliphatic heterocycles.